The molecule has 2 heterocycles. The first-order valence-electron chi connectivity index (χ1n) is 7.53. The number of para-hydroxylation sites is 2. The molecule has 0 aliphatic rings. The minimum atomic E-state index is -0.252. The number of fused-ring (bicyclic) bond motifs is 1. The molecule has 24 heavy (non-hydrogen) atoms. The molecule has 1 aromatic carbocycles. The van der Waals surface area contributed by atoms with Crippen LogP contribution in [0.15, 0.2) is 33.9 Å². The van der Waals surface area contributed by atoms with Crippen molar-refractivity contribution >= 4 is 45.2 Å². The van der Waals surface area contributed by atoms with E-state index in [4.69, 9.17) is 10.2 Å². The van der Waals surface area contributed by atoms with Gasteiger partial charge in [0.1, 0.15) is 10.5 Å². The molecule has 1 amide bonds. The molecule has 2 aromatic heterocycles. The zero-order valence-corrected chi connectivity index (χ0v) is 14.7. The van der Waals surface area contributed by atoms with E-state index in [2.05, 4.69) is 20.5 Å². The van der Waals surface area contributed by atoms with Gasteiger partial charge in [-0.05, 0) is 18.6 Å². The third-order valence-corrected chi connectivity index (χ3v) is 5.32. The maximum absolute atomic E-state index is 12.3. The molecule has 0 saturated carbocycles. The van der Waals surface area contributed by atoms with E-state index in [0.717, 1.165) is 16.1 Å². The molecule has 0 radical (unpaired) electrons. The lowest BCUT2D eigenvalue weighted by molar-refractivity contribution is -0.120. The van der Waals surface area contributed by atoms with Crippen molar-refractivity contribution in [2.75, 3.05) is 12.3 Å². The second-order valence-electron chi connectivity index (χ2n) is 5.04. The van der Waals surface area contributed by atoms with Crippen LogP contribution < -0.4 is 11.1 Å². The molecule has 9 heteroatoms. The highest BCUT2D eigenvalue weighted by Crippen LogP contribution is 2.28. The van der Waals surface area contributed by atoms with Crippen molar-refractivity contribution in [1.29, 1.82) is 0 Å². The number of oxazole rings is 1. The predicted octanol–water partition coefficient (Wildman–Crippen LogP) is 2.49. The van der Waals surface area contributed by atoms with Gasteiger partial charge in [-0.25, -0.2) is 4.98 Å². The number of nitrogens with zero attached hydrogens (tertiary/aromatic N) is 3. The minimum absolute atomic E-state index is 0.0396. The average molecular weight is 363 g/mol. The van der Waals surface area contributed by atoms with Gasteiger partial charge in [0.2, 0.25) is 11.0 Å². The lowest BCUT2D eigenvalue weighted by atomic mass is 10.3. The molecule has 0 spiro atoms. The number of nitrogens with one attached hydrogen (secondary N) is 1. The van der Waals surface area contributed by atoms with Crippen molar-refractivity contribution in [2.45, 2.75) is 30.2 Å². The number of anilines is 1. The third kappa shape index (κ3) is 4.04. The highest BCUT2D eigenvalue weighted by Gasteiger charge is 2.20. The number of carbonyl (C=O) groups excluding carboxylic acids is 1. The van der Waals surface area contributed by atoms with Crippen molar-refractivity contribution in [2.24, 2.45) is 0 Å². The van der Waals surface area contributed by atoms with Crippen molar-refractivity contribution in [3.8, 4) is 0 Å². The fraction of sp³-hybridized carbons (Fsp3) is 0.333. The number of carbonyl (C=O) groups is 1. The van der Waals surface area contributed by atoms with Crippen molar-refractivity contribution < 1.29 is 9.21 Å². The van der Waals surface area contributed by atoms with Gasteiger partial charge >= 0.3 is 0 Å². The molecule has 7 nitrogen and oxygen atoms in total. The van der Waals surface area contributed by atoms with Crippen LogP contribution in [0.2, 0.25) is 0 Å². The topological polar surface area (TPSA) is 107 Å². The van der Waals surface area contributed by atoms with Crippen molar-refractivity contribution in [3.05, 3.63) is 29.3 Å². The molecular weight excluding hydrogens is 346 g/mol. The summed E-state index contributed by atoms with van der Waals surface area (Å²) in [6, 6.07) is 7.55. The second-order valence-corrected chi connectivity index (χ2v) is 7.28. The van der Waals surface area contributed by atoms with Crippen molar-refractivity contribution in [1.82, 2.24) is 20.5 Å². The van der Waals surface area contributed by atoms with Gasteiger partial charge in [0.15, 0.2) is 5.58 Å². The summed E-state index contributed by atoms with van der Waals surface area (Å²) in [6.07, 6.45) is 1.30. The molecule has 3 N–H and O–H groups in total. The van der Waals surface area contributed by atoms with E-state index >= 15 is 0 Å². The zero-order chi connectivity index (χ0) is 16.9. The number of nitrogen functional groups attached to an aromatic ring is 1. The van der Waals surface area contributed by atoms with E-state index in [1.807, 2.05) is 31.2 Å². The Balaban J connectivity index is 1.55. The summed E-state index contributed by atoms with van der Waals surface area (Å²) in [5.41, 5.74) is 7.06. The number of amides is 1. The average Bonchev–Trinajstić information content (AvgIpc) is 3.17. The summed E-state index contributed by atoms with van der Waals surface area (Å²) >= 11 is 2.67. The Bertz CT molecular complexity index is 799. The number of benzene rings is 1. The number of hydrogen-bond acceptors (Lipinski definition) is 8. The molecule has 0 saturated heterocycles. The lowest BCUT2D eigenvalue weighted by Gasteiger charge is -2.12. The van der Waals surface area contributed by atoms with E-state index in [9.17, 15) is 4.79 Å². The standard InChI is InChI=1S/C15H17N5O2S2/c1-2-11(13(21)17-8-7-12-19-20-14(16)24-12)23-15-18-9-5-3-4-6-10(9)22-15/h3-6,11H,2,7-8H2,1H3,(H2,16,20)(H,17,21)/t11-/m0/s1. The van der Waals surface area contributed by atoms with E-state index < -0.39 is 0 Å². The van der Waals surface area contributed by atoms with E-state index in [-0.39, 0.29) is 11.2 Å². The quantitative estimate of drug-likeness (QED) is 0.621. The van der Waals surface area contributed by atoms with E-state index in [0.29, 0.717) is 29.7 Å². The number of thioether (sulfide) groups is 1. The Kier molecular flexibility index (Phi) is 5.31. The highest BCUT2D eigenvalue weighted by atomic mass is 32.2. The number of hydrogen-bond donors (Lipinski definition) is 2. The molecule has 3 rings (SSSR count). The third-order valence-electron chi connectivity index (χ3n) is 3.30. The monoisotopic (exact) mass is 363 g/mol. The van der Waals surface area contributed by atoms with Gasteiger partial charge < -0.3 is 15.5 Å². The summed E-state index contributed by atoms with van der Waals surface area (Å²) in [7, 11) is 0. The van der Waals surface area contributed by atoms with Crippen LogP contribution in [0.4, 0.5) is 5.13 Å². The van der Waals surface area contributed by atoms with Gasteiger partial charge in [-0.1, -0.05) is 42.2 Å². The largest absolute Gasteiger partial charge is 0.431 e. The normalized spacial score (nSPS) is 12.4. The minimum Gasteiger partial charge on any atom is -0.431 e. The van der Waals surface area contributed by atoms with Crippen LogP contribution in [0.5, 0.6) is 0 Å². The van der Waals surface area contributed by atoms with Gasteiger partial charge in [0.25, 0.3) is 5.22 Å². The SMILES string of the molecule is CC[C@H](Sc1nc2ccccc2o1)C(=O)NCCc1nnc(N)s1. The number of nitrogens with two attached hydrogens (primary N) is 1. The fourth-order valence-electron chi connectivity index (χ4n) is 2.12. The van der Waals surface area contributed by atoms with Crippen LogP contribution >= 0.6 is 23.1 Å². The van der Waals surface area contributed by atoms with Gasteiger partial charge in [-0.3, -0.25) is 4.79 Å². The Morgan fingerprint density at radius 1 is 1.42 bits per heavy atom. The lowest BCUT2D eigenvalue weighted by Crippen LogP contribution is -2.33. The Morgan fingerprint density at radius 3 is 2.96 bits per heavy atom. The van der Waals surface area contributed by atoms with Crippen molar-refractivity contribution in [3.63, 3.8) is 0 Å². The maximum Gasteiger partial charge on any atom is 0.257 e. The Labute approximate surface area is 147 Å². The summed E-state index contributed by atoms with van der Waals surface area (Å²) in [5, 5.41) is 12.1. The fourth-order valence-corrected chi connectivity index (χ4v) is 3.62. The highest BCUT2D eigenvalue weighted by molar-refractivity contribution is 8.00. The first kappa shape index (κ1) is 16.7. The van der Waals surface area contributed by atoms with Crippen LogP contribution in [0.25, 0.3) is 11.1 Å². The summed E-state index contributed by atoms with van der Waals surface area (Å²) in [5.74, 6) is -0.0396. The first-order chi connectivity index (χ1) is 11.7. The Hall–Kier alpha value is -2.13. The molecule has 0 aliphatic heterocycles. The molecule has 1 atom stereocenters. The first-order valence-corrected chi connectivity index (χ1v) is 9.23. The molecule has 126 valence electrons. The van der Waals surface area contributed by atoms with Gasteiger partial charge in [0, 0.05) is 13.0 Å². The number of rotatable bonds is 7. The molecule has 3 aromatic rings. The molecule has 0 bridgehead atoms. The van der Waals surface area contributed by atoms with Crippen LogP contribution in [0, 0.1) is 0 Å². The summed E-state index contributed by atoms with van der Waals surface area (Å²) in [4.78, 5) is 16.7. The van der Waals surface area contributed by atoms with E-state index in [1.54, 1.807) is 0 Å². The Morgan fingerprint density at radius 2 is 2.25 bits per heavy atom. The van der Waals surface area contributed by atoms with E-state index in [1.165, 1.54) is 23.1 Å². The second kappa shape index (κ2) is 7.63. The molecule has 0 fully saturated rings. The smallest absolute Gasteiger partial charge is 0.257 e. The van der Waals surface area contributed by atoms with Crippen LogP contribution in [0.1, 0.15) is 18.4 Å². The van der Waals surface area contributed by atoms with Gasteiger partial charge in [-0.15, -0.1) is 10.2 Å². The molecule has 0 unspecified atom stereocenters. The van der Waals surface area contributed by atoms with Gasteiger partial charge in [0.05, 0.1) is 5.25 Å². The van der Waals surface area contributed by atoms with Crippen LogP contribution in [0.3, 0.4) is 0 Å². The van der Waals surface area contributed by atoms with Crippen LogP contribution in [-0.4, -0.2) is 32.9 Å². The zero-order valence-electron chi connectivity index (χ0n) is 13.1. The number of aromatic nitrogens is 3. The van der Waals surface area contributed by atoms with Gasteiger partial charge in [-0.2, -0.15) is 0 Å². The molecular formula is C15H17N5O2S2. The molecule has 0 aliphatic carbocycles. The summed E-state index contributed by atoms with van der Waals surface area (Å²) in [6.45, 7) is 2.46. The van der Waals surface area contributed by atoms with Crippen LogP contribution in [-0.2, 0) is 11.2 Å². The summed E-state index contributed by atoms with van der Waals surface area (Å²) < 4.78 is 5.67. The predicted molar refractivity (Wildman–Crippen MR) is 95.0 cm³/mol. The maximum atomic E-state index is 12.3.